The van der Waals surface area contributed by atoms with Crippen LogP contribution in [0, 0.1) is 11.6 Å². The molecule has 0 bridgehead atoms. The van der Waals surface area contributed by atoms with Gasteiger partial charge in [0.25, 0.3) is 0 Å². The number of ketones is 1. The Bertz CT molecular complexity index is 713. The topological polar surface area (TPSA) is 26.3 Å². The van der Waals surface area contributed by atoms with Crippen molar-refractivity contribution in [1.82, 2.24) is 0 Å². The van der Waals surface area contributed by atoms with Crippen LogP contribution < -0.4 is 0 Å². The van der Waals surface area contributed by atoms with Gasteiger partial charge in [-0.15, -0.1) is 0 Å². The van der Waals surface area contributed by atoms with Gasteiger partial charge in [-0.05, 0) is 45.3 Å². The van der Waals surface area contributed by atoms with Crippen LogP contribution >= 0.6 is 15.9 Å². The number of hydrogen-bond donors (Lipinski definition) is 0. The molecular formula is C15H9BrF2O2. The SMILES string of the molecule is O=C(c1ccc2c(c1)COC2)c1c(F)ccc(Br)c1F. The predicted molar refractivity (Wildman–Crippen MR) is 72.4 cm³/mol. The van der Waals surface area contributed by atoms with E-state index in [2.05, 4.69) is 15.9 Å². The van der Waals surface area contributed by atoms with Gasteiger partial charge >= 0.3 is 0 Å². The molecule has 0 spiro atoms. The first-order chi connectivity index (χ1) is 9.58. The number of fused-ring (bicyclic) bond motifs is 1. The molecule has 0 saturated heterocycles. The zero-order valence-electron chi connectivity index (χ0n) is 10.3. The van der Waals surface area contributed by atoms with Crippen molar-refractivity contribution in [3.05, 3.63) is 68.7 Å². The second-order valence-corrected chi connectivity index (χ2v) is 5.38. The highest BCUT2D eigenvalue weighted by atomic mass is 79.9. The molecule has 20 heavy (non-hydrogen) atoms. The van der Waals surface area contributed by atoms with Gasteiger partial charge in [-0.2, -0.15) is 0 Å². The number of ether oxygens (including phenoxy) is 1. The lowest BCUT2D eigenvalue weighted by Gasteiger charge is -2.07. The summed E-state index contributed by atoms with van der Waals surface area (Å²) in [5.41, 5.74) is 1.59. The molecule has 0 unspecified atom stereocenters. The minimum Gasteiger partial charge on any atom is -0.372 e. The highest BCUT2D eigenvalue weighted by Gasteiger charge is 2.22. The Morgan fingerprint density at radius 2 is 1.85 bits per heavy atom. The third-order valence-electron chi connectivity index (χ3n) is 3.25. The van der Waals surface area contributed by atoms with Crippen LogP contribution in [0.25, 0.3) is 0 Å². The fourth-order valence-electron chi connectivity index (χ4n) is 2.19. The first kappa shape index (κ1) is 13.4. The Hall–Kier alpha value is -1.59. The number of carbonyl (C=O) groups is 1. The zero-order valence-corrected chi connectivity index (χ0v) is 11.8. The molecule has 102 valence electrons. The van der Waals surface area contributed by atoms with E-state index < -0.39 is 23.0 Å². The molecule has 3 rings (SSSR count). The van der Waals surface area contributed by atoms with Gasteiger partial charge in [0, 0.05) is 5.56 Å². The van der Waals surface area contributed by atoms with Crippen LogP contribution in [0.4, 0.5) is 8.78 Å². The molecule has 0 radical (unpaired) electrons. The highest BCUT2D eigenvalue weighted by Crippen LogP contribution is 2.26. The summed E-state index contributed by atoms with van der Waals surface area (Å²) in [6.45, 7) is 0.920. The maximum absolute atomic E-state index is 13.9. The number of carbonyl (C=O) groups excluding carboxylic acids is 1. The molecule has 1 aliphatic rings. The molecule has 0 aromatic heterocycles. The summed E-state index contributed by atoms with van der Waals surface area (Å²) in [4.78, 5) is 12.3. The second kappa shape index (κ2) is 5.07. The van der Waals surface area contributed by atoms with Crippen molar-refractivity contribution in [2.24, 2.45) is 0 Å². The minimum atomic E-state index is -0.883. The van der Waals surface area contributed by atoms with Gasteiger partial charge in [-0.3, -0.25) is 4.79 Å². The van der Waals surface area contributed by atoms with E-state index in [4.69, 9.17) is 4.74 Å². The van der Waals surface area contributed by atoms with Crippen LogP contribution in [-0.4, -0.2) is 5.78 Å². The molecule has 1 aliphatic heterocycles. The van der Waals surface area contributed by atoms with E-state index in [9.17, 15) is 13.6 Å². The lowest BCUT2D eigenvalue weighted by atomic mass is 9.98. The van der Waals surface area contributed by atoms with Crippen molar-refractivity contribution in [2.75, 3.05) is 0 Å². The number of hydrogen-bond acceptors (Lipinski definition) is 2. The van der Waals surface area contributed by atoms with Crippen molar-refractivity contribution < 1.29 is 18.3 Å². The smallest absolute Gasteiger partial charge is 0.198 e. The molecule has 5 heteroatoms. The summed E-state index contributed by atoms with van der Waals surface area (Å²) in [5, 5.41) is 0. The highest BCUT2D eigenvalue weighted by molar-refractivity contribution is 9.10. The Labute approximate surface area is 122 Å². The van der Waals surface area contributed by atoms with Gasteiger partial charge in [-0.1, -0.05) is 12.1 Å². The third kappa shape index (κ3) is 2.17. The van der Waals surface area contributed by atoms with Crippen LogP contribution in [0.5, 0.6) is 0 Å². The van der Waals surface area contributed by atoms with E-state index in [0.29, 0.717) is 13.2 Å². The summed E-state index contributed by atoms with van der Waals surface area (Å²) in [6, 6.07) is 7.25. The van der Waals surface area contributed by atoms with E-state index in [1.165, 1.54) is 6.07 Å². The van der Waals surface area contributed by atoms with Gasteiger partial charge in [0.15, 0.2) is 11.6 Å². The molecule has 0 amide bonds. The Kier molecular flexibility index (Phi) is 3.40. The van der Waals surface area contributed by atoms with Crippen LogP contribution in [0.2, 0.25) is 0 Å². The Morgan fingerprint density at radius 1 is 1.10 bits per heavy atom. The fraction of sp³-hybridized carbons (Fsp3) is 0.133. The molecule has 0 N–H and O–H groups in total. The zero-order chi connectivity index (χ0) is 14.3. The summed E-state index contributed by atoms with van der Waals surface area (Å²) in [6.07, 6.45) is 0. The van der Waals surface area contributed by atoms with E-state index in [1.54, 1.807) is 18.2 Å². The third-order valence-corrected chi connectivity index (χ3v) is 3.87. The molecular weight excluding hydrogens is 330 g/mol. The van der Waals surface area contributed by atoms with Gasteiger partial charge in [0.1, 0.15) is 5.82 Å². The van der Waals surface area contributed by atoms with Crippen molar-refractivity contribution in [3.63, 3.8) is 0 Å². The lowest BCUT2D eigenvalue weighted by molar-refractivity contribution is 0.103. The Morgan fingerprint density at radius 3 is 2.65 bits per heavy atom. The largest absolute Gasteiger partial charge is 0.372 e. The average Bonchev–Trinajstić information content (AvgIpc) is 2.90. The van der Waals surface area contributed by atoms with Crippen molar-refractivity contribution in [1.29, 1.82) is 0 Å². The predicted octanol–water partition coefficient (Wildman–Crippen LogP) is 3.99. The second-order valence-electron chi connectivity index (χ2n) is 4.52. The normalized spacial score (nSPS) is 13.3. The van der Waals surface area contributed by atoms with E-state index >= 15 is 0 Å². The van der Waals surface area contributed by atoms with Gasteiger partial charge in [0.2, 0.25) is 0 Å². The maximum Gasteiger partial charge on any atom is 0.198 e. The molecule has 2 aromatic carbocycles. The van der Waals surface area contributed by atoms with Crippen LogP contribution in [0.1, 0.15) is 27.0 Å². The summed E-state index contributed by atoms with van der Waals surface area (Å²) >= 11 is 2.96. The average molecular weight is 339 g/mol. The van der Waals surface area contributed by atoms with Crippen molar-refractivity contribution in [2.45, 2.75) is 13.2 Å². The summed E-state index contributed by atoms with van der Waals surface area (Å²) < 4.78 is 33.0. The van der Waals surface area contributed by atoms with E-state index in [-0.39, 0.29) is 10.0 Å². The van der Waals surface area contributed by atoms with E-state index in [0.717, 1.165) is 17.2 Å². The van der Waals surface area contributed by atoms with Crippen molar-refractivity contribution >= 4 is 21.7 Å². The molecule has 0 saturated carbocycles. The monoisotopic (exact) mass is 338 g/mol. The lowest BCUT2D eigenvalue weighted by Crippen LogP contribution is -2.08. The fourth-order valence-corrected chi connectivity index (χ4v) is 2.52. The van der Waals surface area contributed by atoms with Crippen LogP contribution in [0.15, 0.2) is 34.8 Å². The quantitative estimate of drug-likeness (QED) is 0.611. The van der Waals surface area contributed by atoms with Crippen molar-refractivity contribution in [3.8, 4) is 0 Å². The van der Waals surface area contributed by atoms with Crippen LogP contribution in [0.3, 0.4) is 0 Å². The van der Waals surface area contributed by atoms with Gasteiger partial charge in [-0.25, -0.2) is 8.78 Å². The molecule has 2 aromatic rings. The standard InChI is InChI=1S/C15H9BrF2O2/c16-11-3-4-12(17)13(14(11)18)15(19)8-1-2-9-6-20-7-10(9)5-8/h1-5H,6-7H2. The van der Waals surface area contributed by atoms with Crippen LogP contribution in [-0.2, 0) is 18.0 Å². The van der Waals surface area contributed by atoms with E-state index in [1.807, 2.05) is 0 Å². The first-order valence-corrected chi connectivity index (χ1v) is 6.75. The molecule has 0 fully saturated rings. The number of halogens is 3. The minimum absolute atomic E-state index is 0.0618. The molecule has 0 atom stereocenters. The molecule has 0 aliphatic carbocycles. The maximum atomic E-state index is 13.9. The van der Waals surface area contributed by atoms with Gasteiger partial charge in [0.05, 0.1) is 23.2 Å². The molecule has 1 heterocycles. The summed E-state index contributed by atoms with van der Waals surface area (Å²) in [5.74, 6) is -2.42. The molecule has 2 nitrogen and oxygen atoms in total. The first-order valence-electron chi connectivity index (χ1n) is 5.95. The number of rotatable bonds is 2. The van der Waals surface area contributed by atoms with Gasteiger partial charge < -0.3 is 4.74 Å². The summed E-state index contributed by atoms with van der Waals surface area (Å²) in [7, 11) is 0. The Balaban J connectivity index is 2.07. The number of benzene rings is 2.